The van der Waals surface area contributed by atoms with E-state index in [2.05, 4.69) is 10.6 Å². The van der Waals surface area contributed by atoms with Crippen LogP contribution in [0.2, 0.25) is 0 Å². The number of carbonyl (C=O) groups excluding carboxylic acids is 3. The van der Waals surface area contributed by atoms with Crippen LogP contribution in [0, 0.1) is 0 Å². The van der Waals surface area contributed by atoms with Crippen molar-refractivity contribution >= 4 is 17.9 Å². The number of carbonyl (C=O) groups is 3. The van der Waals surface area contributed by atoms with Crippen LogP contribution in [0.4, 0.5) is 4.79 Å². The summed E-state index contributed by atoms with van der Waals surface area (Å²) in [4.78, 5) is 34.8. The van der Waals surface area contributed by atoms with Crippen LogP contribution in [0.3, 0.4) is 0 Å². The minimum absolute atomic E-state index is 0.101. The molecular weight excluding hydrogens is 328 g/mol. The first-order valence-electron chi connectivity index (χ1n) is 8.10. The molecule has 1 aromatic carbocycles. The molecule has 1 aliphatic rings. The molecule has 0 atom stereocenters. The van der Waals surface area contributed by atoms with Gasteiger partial charge in [-0.2, -0.15) is 0 Å². The fourth-order valence-corrected chi connectivity index (χ4v) is 2.52. The average Bonchev–Trinajstić information content (AvgIpc) is 3.11. The molecule has 2 rings (SSSR count). The molecule has 0 unspecified atom stereocenters. The van der Waals surface area contributed by atoms with Gasteiger partial charge in [-0.15, -0.1) is 0 Å². The van der Waals surface area contributed by atoms with Crippen LogP contribution in [-0.4, -0.2) is 44.3 Å². The van der Waals surface area contributed by atoms with Crippen LogP contribution in [-0.2, 0) is 14.3 Å². The summed E-state index contributed by atoms with van der Waals surface area (Å²) in [6.07, 6.45) is 3.97. The van der Waals surface area contributed by atoms with Gasteiger partial charge in [0.25, 0.3) is 5.91 Å². The Bertz CT molecular complexity index is 613. The fourth-order valence-electron chi connectivity index (χ4n) is 2.52. The molecule has 8 heteroatoms. The number of urea groups is 1. The molecule has 0 saturated heterocycles. The first kappa shape index (κ1) is 18.6. The summed E-state index contributed by atoms with van der Waals surface area (Å²) in [6, 6.07) is 6.37. The molecule has 3 amide bonds. The van der Waals surface area contributed by atoms with Crippen molar-refractivity contribution in [2.75, 3.05) is 20.3 Å². The molecule has 0 spiro atoms. The quantitative estimate of drug-likeness (QED) is 0.720. The minimum Gasteiger partial charge on any atom is -0.493 e. The zero-order valence-corrected chi connectivity index (χ0v) is 14.1. The number of nitrogens with one attached hydrogen (secondary N) is 2. The number of para-hydroxylation sites is 2. The van der Waals surface area contributed by atoms with Gasteiger partial charge < -0.3 is 19.5 Å². The SMILES string of the molecule is COc1ccccc1OCC(=O)OCC(=O)NC(=O)NC1CCCC1. The second-order valence-corrected chi connectivity index (χ2v) is 5.60. The average molecular weight is 350 g/mol. The van der Waals surface area contributed by atoms with Crippen LogP contribution in [0.1, 0.15) is 25.7 Å². The second-order valence-electron chi connectivity index (χ2n) is 5.60. The van der Waals surface area contributed by atoms with E-state index in [0.29, 0.717) is 11.5 Å². The predicted octanol–water partition coefficient (Wildman–Crippen LogP) is 1.39. The lowest BCUT2D eigenvalue weighted by atomic mass is 10.2. The Balaban J connectivity index is 1.65. The van der Waals surface area contributed by atoms with E-state index in [1.165, 1.54) is 7.11 Å². The van der Waals surface area contributed by atoms with Gasteiger partial charge in [0.05, 0.1) is 7.11 Å². The lowest BCUT2D eigenvalue weighted by Crippen LogP contribution is -2.45. The highest BCUT2D eigenvalue weighted by Gasteiger charge is 2.18. The number of ether oxygens (including phenoxy) is 3. The Morgan fingerprint density at radius 2 is 1.76 bits per heavy atom. The number of benzene rings is 1. The van der Waals surface area contributed by atoms with Gasteiger partial charge in [0.15, 0.2) is 24.7 Å². The van der Waals surface area contributed by atoms with Crippen LogP contribution in [0.5, 0.6) is 11.5 Å². The van der Waals surface area contributed by atoms with E-state index < -0.39 is 24.5 Å². The summed E-state index contributed by atoms with van der Waals surface area (Å²) < 4.78 is 15.1. The van der Waals surface area contributed by atoms with Gasteiger partial charge >= 0.3 is 12.0 Å². The van der Waals surface area contributed by atoms with Crippen molar-refractivity contribution in [3.63, 3.8) is 0 Å². The first-order chi connectivity index (χ1) is 12.1. The van der Waals surface area contributed by atoms with Crippen LogP contribution < -0.4 is 20.1 Å². The van der Waals surface area contributed by atoms with Crippen molar-refractivity contribution < 1.29 is 28.6 Å². The predicted molar refractivity (Wildman–Crippen MR) is 88.4 cm³/mol. The monoisotopic (exact) mass is 350 g/mol. The summed E-state index contributed by atoms with van der Waals surface area (Å²) in [5, 5.41) is 4.83. The molecule has 1 saturated carbocycles. The summed E-state index contributed by atoms with van der Waals surface area (Å²) in [5.41, 5.74) is 0. The Morgan fingerprint density at radius 1 is 1.08 bits per heavy atom. The Kier molecular flexibility index (Phi) is 7.06. The number of hydrogen-bond acceptors (Lipinski definition) is 6. The van der Waals surface area contributed by atoms with Gasteiger partial charge in [-0.1, -0.05) is 25.0 Å². The highest BCUT2D eigenvalue weighted by Crippen LogP contribution is 2.25. The van der Waals surface area contributed by atoms with Crippen molar-refractivity contribution in [1.82, 2.24) is 10.6 Å². The molecule has 0 heterocycles. The molecule has 0 radical (unpaired) electrons. The molecule has 2 N–H and O–H groups in total. The lowest BCUT2D eigenvalue weighted by Gasteiger charge is -2.12. The maximum atomic E-state index is 11.6. The fraction of sp³-hybridized carbons (Fsp3) is 0.471. The van der Waals surface area contributed by atoms with Gasteiger partial charge in [0.1, 0.15) is 0 Å². The van der Waals surface area contributed by atoms with Crippen molar-refractivity contribution in [2.45, 2.75) is 31.7 Å². The number of amides is 3. The zero-order chi connectivity index (χ0) is 18.1. The number of methoxy groups -OCH3 is 1. The van der Waals surface area contributed by atoms with Gasteiger partial charge in [-0.25, -0.2) is 9.59 Å². The van der Waals surface area contributed by atoms with Crippen molar-refractivity contribution in [2.24, 2.45) is 0 Å². The van der Waals surface area contributed by atoms with Crippen LogP contribution >= 0.6 is 0 Å². The van der Waals surface area contributed by atoms with Crippen LogP contribution in [0.25, 0.3) is 0 Å². The molecule has 136 valence electrons. The maximum absolute atomic E-state index is 11.6. The third-order valence-corrected chi connectivity index (χ3v) is 3.72. The van der Waals surface area contributed by atoms with E-state index in [9.17, 15) is 14.4 Å². The molecule has 1 aliphatic carbocycles. The Labute approximate surface area is 145 Å². The molecule has 0 bridgehead atoms. The Morgan fingerprint density at radius 3 is 2.44 bits per heavy atom. The standard InChI is InChI=1S/C17H22N2O6/c1-23-13-8-4-5-9-14(13)24-11-16(21)25-10-15(20)19-17(22)18-12-6-2-3-7-12/h4-5,8-9,12H,2-3,6-7,10-11H2,1H3,(H2,18,19,20,22). The molecule has 8 nitrogen and oxygen atoms in total. The third kappa shape index (κ3) is 6.33. The van der Waals surface area contributed by atoms with Gasteiger partial charge in [0.2, 0.25) is 0 Å². The molecule has 0 aromatic heterocycles. The number of imide groups is 1. The number of esters is 1. The van der Waals surface area contributed by atoms with Crippen LogP contribution in [0.15, 0.2) is 24.3 Å². The van der Waals surface area contributed by atoms with E-state index in [4.69, 9.17) is 14.2 Å². The van der Waals surface area contributed by atoms with Crippen molar-refractivity contribution in [3.05, 3.63) is 24.3 Å². The van der Waals surface area contributed by atoms with Gasteiger partial charge in [-0.3, -0.25) is 10.1 Å². The van der Waals surface area contributed by atoms with E-state index in [0.717, 1.165) is 25.7 Å². The highest BCUT2D eigenvalue weighted by molar-refractivity contribution is 5.95. The molecular formula is C17H22N2O6. The Hall–Kier alpha value is -2.77. The van der Waals surface area contributed by atoms with E-state index >= 15 is 0 Å². The summed E-state index contributed by atoms with van der Waals surface area (Å²) in [5.74, 6) is -0.544. The molecule has 25 heavy (non-hydrogen) atoms. The maximum Gasteiger partial charge on any atom is 0.344 e. The van der Waals surface area contributed by atoms with Crippen molar-refractivity contribution in [3.8, 4) is 11.5 Å². The van der Waals surface area contributed by atoms with E-state index in [1.54, 1.807) is 24.3 Å². The minimum atomic E-state index is -0.725. The normalized spacial score (nSPS) is 13.8. The summed E-state index contributed by atoms with van der Waals surface area (Å²) in [7, 11) is 1.49. The molecule has 0 aliphatic heterocycles. The van der Waals surface area contributed by atoms with Gasteiger partial charge in [0, 0.05) is 6.04 Å². The second kappa shape index (κ2) is 9.51. The van der Waals surface area contributed by atoms with Crippen molar-refractivity contribution in [1.29, 1.82) is 0 Å². The smallest absolute Gasteiger partial charge is 0.344 e. The number of rotatable bonds is 7. The van der Waals surface area contributed by atoms with E-state index in [-0.39, 0.29) is 12.6 Å². The third-order valence-electron chi connectivity index (χ3n) is 3.72. The first-order valence-corrected chi connectivity index (χ1v) is 8.10. The topological polar surface area (TPSA) is 103 Å². The van der Waals surface area contributed by atoms with Gasteiger partial charge in [-0.05, 0) is 25.0 Å². The molecule has 1 fully saturated rings. The largest absolute Gasteiger partial charge is 0.493 e. The summed E-state index contributed by atoms with van der Waals surface area (Å²) in [6.45, 7) is -0.922. The zero-order valence-electron chi connectivity index (χ0n) is 14.1. The summed E-state index contributed by atoms with van der Waals surface area (Å²) >= 11 is 0. The molecule has 1 aromatic rings. The number of hydrogen-bond donors (Lipinski definition) is 2. The highest BCUT2D eigenvalue weighted by atomic mass is 16.6. The lowest BCUT2D eigenvalue weighted by molar-refractivity contribution is -0.150. The van der Waals surface area contributed by atoms with E-state index in [1.807, 2.05) is 0 Å².